The van der Waals surface area contributed by atoms with Gasteiger partial charge in [-0.1, -0.05) is 6.07 Å². The molecular formula is C13H18N4O2. The molecule has 1 aromatic rings. The molecule has 6 nitrogen and oxygen atoms in total. The van der Waals surface area contributed by atoms with E-state index in [4.69, 9.17) is 15.7 Å². The van der Waals surface area contributed by atoms with Crippen LogP contribution >= 0.6 is 0 Å². The van der Waals surface area contributed by atoms with E-state index in [1.54, 1.807) is 17.3 Å². The molecular weight excluding hydrogens is 244 g/mol. The molecule has 0 aromatic carbocycles. The molecule has 0 aliphatic heterocycles. The third-order valence-corrected chi connectivity index (χ3v) is 2.43. The number of nitrogens with two attached hydrogens (primary N) is 1. The molecule has 0 unspecified atom stereocenters. The Morgan fingerprint density at radius 3 is 3.05 bits per heavy atom. The summed E-state index contributed by atoms with van der Waals surface area (Å²) < 4.78 is 5.13. The van der Waals surface area contributed by atoms with Crippen molar-refractivity contribution in [3.05, 3.63) is 30.1 Å². The summed E-state index contributed by atoms with van der Waals surface area (Å²) in [5.74, 6) is -0.146. The molecule has 1 heterocycles. The summed E-state index contributed by atoms with van der Waals surface area (Å²) in [6, 6.07) is 5.74. The van der Waals surface area contributed by atoms with E-state index in [2.05, 4.69) is 4.98 Å². The van der Waals surface area contributed by atoms with Crippen LogP contribution in [0.4, 0.5) is 0 Å². The molecule has 2 N–H and O–H groups in total. The summed E-state index contributed by atoms with van der Waals surface area (Å²) >= 11 is 0. The van der Waals surface area contributed by atoms with E-state index in [0.717, 1.165) is 5.56 Å². The fraction of sp³-hybridized carbons (Fsp3) is 0.462. The van der Waals surface area contributed by atoms with Gasteiger partial charge >= 0.3 is 0 Å². The number of ether oxygens (including phenoxy) is 1. The van der Waals surface area contributed by atoms with Crippen molar-refractivity contribution in [1.29, 1.82) is 5.26 Å². The third-order valence-electron chi connectivity index (χ3n) is 2.43. The van der Waals surface area contributed by atoms with Gasteiger partial charge in [0, 0.05) is 32.0 Å². The number of rotatable bonds is 8. The van der Waals surface area contributed by atoms with Crippen molar-refractivity contribution in [2.24, 2.45) is 5.73 Å². The minimum Gasteiger partial charge on any atom is -0.370 e. The third kappa shape index (κ3) is 5.95. The van der Waals surface area contributed by atoms with E-state index in [0.29, 0.717) is 32.7 Å². The molecule has 0 fully saturated rings. The fourth-order valence-corrected chi connectivity index (χ4v) is 1.52. The Bertz CT molecular complexity index is 416. The van der Waals surface area contributed by atoms with Crippen molar-refractivity contribution in [3.63, 3.8) is 0 Å². The summed E-state index contributed by atoms with van der Waals surface area (Å²) in [7, 11) is 0. The Morgan fingerprint density at radius 1 is 1.58 bits per heavy atom. The van der Waals surface area contributed by atoms with Crippen LogP contribution in [0, 0.1) is 11.3 Å². The summed E-state index contributed by atoms with van der Waals surface area (Å²) in [4.78, 5) is 17.6. The lowest BCUT2D eigenvalue weighted by molar-refractivity contribution is -0.136. The van der Waals surface area contributed by atoms with Crippen LogP contribution in [0.1, 0.15) is 12.0 Å². The Hall–Kier alpha value is -1.97. The van der Waals surface area contributed by atoms with Gasteiger partial charge in [0.05, 0.1) is 19.1 Å². The number of hydrogen-bond donors (Lipinski definition) is 1. The van der Waals surface area contributed by atoms with E-state index >= 15 is 0 Å². The monoisotopic (exact) mass is 262 g/mol. The van der Waals surface area contributed by atoms with Gasteiger partial charge in [-0.2, -0.15) is 5.26 Å². The fourth-order valence-electron chi connectivity index (χ4n) is 1.52. The maximum absolute atomic E-state index is 12.0. The number of nitriles is 1. The second kappa shape index (κ2) is 9.03. The van der Waals surface area contributed by atoms with Gasteiger partial charge in [0.1, 0.15) is 6.61 Å². The van der Waals surface area contributed by atoms with Gasteiger partial charge in [0.2, 0.25) is 5.91 Å². The van der Waals surface area contributed by atoms with Crippen LogP contribution in [-0.2, 0) is 16.1 Å². The molecule has 0 saturated carbocycles. The zero-order valence-corrected chi connectivity index (χ0v) is 10.8. The van der Waals surface area contributed by atoms with Crippen molar-refractivity contribution in [3.8, 4) is 6.07 Å². The summed E-state index contributed by atoms with van der Waals surface area (Å²) in [5.41, 5.74) is 6.22. The molecule has 0 spiro atoms. The highest BCUT2D eigenvalue weighted by molar-refractivity contribution is 5.77. The molecule has 1 aromatic heterocycles. The second-order valence-corrected chi connectivity index (χ2v) is 3.93. The van der Waals surface area contributed by atoms with E-state index in [1.807, 2.05) is 18.2 Å². The largest absolute Gasteiger partial charge is 0.370 e. The van der Waals surface area contributed by atoms with Gasteiger partial charge in [0.25, 0.3) is 0 Å². The van der Waals surface area contributed by atoms with Gasteiger partial charge in [0.15, 0.2) is 0 Å². The molecule has 102 valence electrons. The molecule has 0 atom stereocenters. The Kier molecular flexibility index (Phi) is 7.17. The first-order valence-electron chi connectivity index (χ1n) is 6.09. The lowest BCUT2D eigenvalue weighted by atomic mass is 10.2. The molecule has 0 bridgehead atoms. The lowest BCUT2D eigenvalue weighted by Crippen LogP contribution is -2.34. The molecule has 0 aliphatic rings. The molecule has 0 radical (unpaired) electrons. The number of carbonyl (C=O) groups excluding carboxylic acids is 1. The van der Waals surface area contributed by atoms with Crippen LogP contribution in [0.5, 0.6) is 0 Å². The van der Waals surface area contributed by atoms with Crippen molar-refractivity contribution in [1.82, 2.24) is 9.88 Å². The number of amides is 1. The quantitative estimate of drug-likeness (QED) is 0.680. The SMILES string of the molecule is N#CCCN(Cc1cccnc1)C(=O)COCCN. The zero-order chi connectivity index (χ0) is 13.9. The van der Waals surface area contributed by atoms with Crippen LogP contribution in [0.25, 0.3) is 0 Å². The minimum absolute atomic E-state index is 0.0110. The van der Waals surface area contributed by atoms with Gasteiger partial charge in [-0.3, -0.25) is 9.78 Å². The first-order chi connectivity index (χ1) is 9.27. The van der Waals surface area contributed by atoms with Crippen LogP contribution < -0.4 is 5.73 Å². The average Bonchev–Trinajstić information content (AvgIpc) is 2.44. The van der Waals surface area contributed by atoms with Gasteiger partial charge in [-0.15, -0.1) is 0 Å². The van der Waals surface area contributed by atoms with Gasteiger partial charge in [-0.05, 0) is 11.6 Å². The van der Waals surface area contributed by atoms with E-state index in [1.165, 1.54) is 0 Å². The minimum atomic E-state index is -0.146. The predicted molar refractivity (Wildman–Crippen MR) is 69.8 cm³/mol. The van der Waals surface area contributed by atoms with E-state index in [-0.39, 0.29) is 12.5 Å². The first kappa shape index (κ1) is 15.1. The molecule has 0 saturated heterocycles. The van der Waals surface area contributed by atoms with Crippen LogP contribution in [0.15, 0.2) is 24.5 Å². The van der Waals surface area contributed by atoms with Crippen molar-refractivity contribution >= 4 is 5.91 Å². The summed E-state index contributed by atoms with van der Waals surface area (Å²) in [6.07, 6.45) is 3.67. The number of carbonyl (C=O) groups is 1. The van der Waals surface area contributed by atoms with E-state index in [9.17, 15) is 4.79 Å². The van der Waals surface area contributed by atoms with Crippen LogP contribution in [0.3, 0.4) is 0 Å². The highest BCUT2D eigenvalue weighted by atomic mass is 16.5. The predicted octanol–water partition coefficient (Wildman–Crippen LogP) is 0.299. The van der Waals surface area contributed by atoms with Gasteiger partial charge < -0.3 is 15.4 Å². The maximum atomic E-state index is 12.0. The Balaban J connectivity index is 2.56. The number of hydrogen-bond acceptors (Lipinski definition) is 5. The first-order valence-corrected chi connectivity index (χ1v) is 6.09. The highest BCUT2D eigenvalue weighted by Crippen LogP contribution is 2.04. The highest BCUT2D eigenvalue weighted by Gasteiger charge is 2.13. The van der Waals surface area contributed by atoms with E-state index < -0.39 is 0 Å². The molecule has 1 rings (SSSR count). The normalized spacial score (nSPS) is 9.89. The van der Waals surface area contributed by atoms with Crippen LogP contribution in [0.2, 0.25) is 0 Å². The number of nitrogens with zero attached hydrogens (tertiary/aromatic N) is 3. The second-order valence-electron chi connectivity index (χ2n) is 3.93. The topological polar surface area (TPSA) is 92.2 Å². The number of pyridine rings is 1. The van der Waals surface area contributed by atoms with Crippen LogP contribution in [-0.4, -0.2) is 42.1 Å². The summed E-state index contributed by atoms with van der Waals surface area (Å²) in [6.45, 7) is 1.54. The maximum Gasteiger partial charge on any atom is 0.248 e. The molecule has 0 aliphatic carbocycles. The van der Waals surface area contributed by atoms with Crippen molar-refractivity contribution in [2.75, 3.05) is 26.3 Å². The zero-order valence-electron chi connectivity index (χ0n) is 10.8. The van der Waals surface area contributed by atoms with Crippen molar-refractivity contribution in [2.45, 2.75) is 13.0 Å². The van der Waals surface area contributed by atoms with Gasteiger partial charge in [-0.25, -0.2) is 0 Å². The lowest BCUT2D eigenvalue weighted by Gasteiger charge is -2.21. The average molecular weight is 262 g/mol. The number of aromatic nitrogens is 1. The Morgan fingerprint density at radius 2 is 2.42 bits per heavy atom. The molecule has 1 amide bonds. The van der Waals surface area contributed by atoms with Crippen molar-refractivity contribution < 1.29 is 9.53 Å². The standard InChI is InChI=1S/C13H18N4O2/c14-4-2-7-17(13(18)11-19-8-5-15)10-12-3-1-6-16-9-12/h1,3,6,9H,2,5,7-8,10-11,15H2. The molecule has 6 heteroatoms. The smallest absolute Gasteiger partial charge is 0.248 e. The molecule has 19 heavy (non-hydrogen) atoms. The summed E-state index contributed by atoms with van der Waals surface area (Å²) in [5, 5.41) is 8.63. The Labute approximate surface area is 112 Å².